The largest absolute Gasteiger partial charge is 0.481 e. The molecule has 0 unspecified atom stereocenters. The number of likely N-dealkylation sites (N-methyl/N-ethyl adjacent to an activating group) is 1. The molecule has 5 heteroatoms. The average molecular weight is 236 g/mol. The van der Waals surface area contributed by atoms with Crippen molar-refractivity contribution in [2.75, 3.05) is 33.1 Å². The van der Waals surface area contributed by atoms with Crippen molar-refractivity contribution >= 4 is 5.82 Å². The van der Waals surface area contributed by atoms with Gasteiger partial charge in [0, 0.05) is 18.2 Å². The van der Waals surface area contributed by atoms with Crippen LogP contribution in [-0.2, 0) is 0 Å². The monoisotopic (exact) mass is 236 g/mol. The number of nitrogens with one attached hydrogen (secondary N) is 1. The summed E-state index contributed by atoms with van der Waals surface area (Å²) in [6.07, 6.45) is 5.32. The minimum atomic E-state index is 0.290. The number of methoxy groups -OCH3 is 1. The molecule has 0 aromatic carbocycles. The third kappa shape index (κ3) is 2.49. The number of hydrogen-bond donors (Lipinski definition) is 1. The van der Waals surface area contributed by atoms with Crippen LogP contribution in [0, 0.1) is 0 Å². The fraction of sp³-hybridized carbons (Fsp3) is 0.667. The van der Waals surface area contributed by atoms with Gasteiger partial charge in [-0.2, -0.15) is 0 Å². The van der Waals surface area contributed by atoms with Gasteiger partial charge in [-0.05, 0) is 33.4 Å². The Morgan fingerprint density at radius 1 is 1.41 bits per heavy atom. The van der Waals surface area contributed by atoms with Gasteiger partial charge in [0.25, 0.3) is 0 Å². The van der Waals surface area contributed by atoms with Gasteiger partial charge in [0.1, 0.15) is 12.1 Å². The van der Waals surface area contributed by atoms with Crippen LogP contribution in [0.2, 0.25) is 0 Å². The van der Waals surface area contributed by atoms with E-state index in [9.17, 15) is 0 Å². The molecule has 1 N–H and O–H groups in total. The maximum absolute atomic E-state index is 5.07. The standard InChI is InChI=1S/C12H20N4O/c1-16(2)12(5-4-6-12)8-13-10-7-11(17-3)15-9-14-10/h7,9H,4-6,8H2,1-3H3,(H,13,14,15). The summed E-state index contributed by atoms with van der Waals surface area (Å²) in [7, 11) is 5.89. The summed E-state index contributed by atoms with van der Waals surface area (Å²) in [5.41, 5.74) is 0.290. The highest BCUT2D eigenvalue weighted by Crippen LogP contribution is 2.36. The predicted molar refractivity (Wildman–Crippen MR) is 67.3 cm³/mol. The van der Waals surface area contributed by atoms with Gasteiger partial charge in [-0.1, -0.05) is 0 Å². The first-order valence-corrected chi connectivity index (χ1v) is 5.94. The van der Waals surface area contributed by atoms with Crippen LogP contribution in [0.25, 0.3) is 0 Å². The van der Waals surface area contributed by atoms with Crippen LogP contribution in [0.1, 0.15) is 19.3 Å². The molecule has 0 saturated heterocycles. The van der Waals surface area contributed by atoms with Gasteiger partial charge in [-0.3, -0.25) is 0 Å². The Morgan fingerprint density at radius 3 is 2.71 bits per heavy atom. The molecule has 0 bridgehead atoms. The molecule has 1 aromatic rings. The molecule has 1 aromatic heterocycles. The zero-order valence-electron chi connectivity index (χ0n) is 10.7. The molecule has 1 aliphatic carbocycles. The summed E-state index contributed by atoms with van der Waals surface area (Å²) in [5, 5.41) is 3.37. The van der Waals surface area contributed by atoms with Crippen molar-refractivity contribution in [1.82, 2.24) is 14.9 Å². The van der Waals surface area contributed by atoms with E-state index < -0.39 is 0 Å². The first-order chi connectivity index (χ1) is 8.16. The lowest BCUT2D eigenvalue weighted by molar-refractivity contribution is 0.0738. The normalized spacial score (nSPS) is 17.6. The van der Waals surface area contributed by atoms with Crippen LogP contribution < -0.4 is 10.1 Å². The van der Waals surface area contributed by atoms with Crippen molar-refractivity contribution in [3.05, 3.63) is 12.4 Å². The third-order valence-electron chi connectivity index (χ3n) is 3.68. The number of rotatable bonds is 5. The summed E-state index contributed by atoms with van der Waals surface area (Å²) in [6.45, 7) is 0.917. The fourth-order valence-corrected chi connectivity index (χ4v) is 2.17. The van der Waals surface area contributed by atoms with Crippen LogP contribution in [0.3, 0.4) is 0 Å². The van der Waals surface area contributed by atoms with Crippen LogP contribution in [0.15, 0.2) is 12.4 Å². The quantitative estimate of drug-likeness (QED) is 0.837. The molecular formula is C12H20N4O. The third-order valence-corrected chi connectivity index (χ3v) is 3.68. The summed E-state index contributed by atoms with van der Waals surface area (Å²) in [4.78, 5) is 10.5. The first kappa shape index (κ1) is 12.1. The van der Waals surface area contributed by atoms with Crippen molar-refractivity contribution in [3.8, 4) is 5.88 Å². The lowest BCUT2D eigenvalue weighted by Crippen LogP contribution is -2.54. The van der Waals surface area contributed by atoms with Crippen LogP contribution in [0.5, 0.6) is 5.88 Å². The van der Waals surface area contributed by atoms with Gasteiger partial charge in [0.05, 0.1) is 7.11 Å². The summed E-state index contributed by atoms with van der Waals surface area (Å²) < 4.78 is 5.07. The highest BCUT2D eigenvalue weighted by Gasteiger charge is 2.38. The van der Waals surface area contributed by atoms with Crippen molar-refractivity contribution in [2.45, 2.75) is 24.8 Å². The Balaban J connectivity index is 1.97. The predicted octanol–water partition coefficient (Wildman–Crippen LogP) is 1.38. The summed E-state index contributed by atoms with van der Waals surface area (Å²) in [5.74, 6) is 1.42. The van der Waals surface area contributed by atoms with Gasteiger partial charge in [-0.15, -0.1) is 0 Å². The zero-order chi connectivity index (χ0) is 12.3. The van der Waals surface area contributed by atoms with E-state index in [4.69, 9.17) is 4.74 Å². The van der Waals surface area contributed by atoms with E-state index in [1.54, 1.807) is 7.11 Å². The van der Waals surface area contributed by atoms with Gasteiger partial charge in [0.15, 0.2) is 0 Å². The summed E-state index contributed by atoms with van der Waals surface area (Å²) in [6, 6.07) is 1.82. The molecule has 1 saturated carbocycles. The lowest BCUT2D eigenvalue weighted by atomic mass is 9.75. The smallest absolute Gasteiger partial charge is 0.218 e. The van der Waals surface area contributed by atoms with E-state index in [1.165, 1.54) is 25.6 Å². The number of aromatic nitrogens is 2. The molecule has 0 spiro atoms. The molecule has 0 aliphatic heterocycles. The minimum absolute atomic E-state index is 0.290. The van der Waals surface area contributed by atoms with E-state index in [1.807, 2.05) is 6.07 Å². The van der Waals surface area contributed by atoms with Gasteiger partial charge in [-0.25, -0.2) is 9.97 Å². The van der Waals surface area contributed by atoms with Gasteiger partial charge in [0.2, 0.25) is 5.88 Å². The van der Waals surface area contributed by atoms with E-state index in [-0.39, 0.29) is 5.54 Å². The van der Waals surface area contributed by atoms with Gasteiger partial charge < -0.3 is 15.0 Å². The Bertz CT molecular complexity index is 377. The summed E-state index contributed by atoms with van der Waals surface area (Å²) >= 11 is 0. The fourth-order valence-electron chi connectivity index (χ4n) is 2.17. The molecule has 0 amide bonds. The highest BCUT2D eigenvalue weighted by atomic mass is 16.5. The maximum Gasteiger partial charge on any atom is 0.218 e. The Hall–Kier alpha value is -1.36. The Kier molecular flexibility index (Phi) is 3.47. The molecule has 1 heterocycles. The highest BCUT2D eigenvalue weighted by molar-refractivity contribution is 5.37. The minimum Gasteiger partial charge on any atom is -0.481 e. The molecule has 1 fully saturated rings. The zero-order valence-corrected chi connectivity index (χ0v) is 10.7. The van der Waals surface area contributed by atoms with Crippen molar-refractivity contribution < 1.29 is 4.74 Å². The van der Waals surface area contributed by atoms with Crippen molar-refractivity contribution in [3.63, 3.8) is 0 Å². The lowest BCUT2D eigenvalue weighted by Gasteiger charge is -2.47. The second-order valence-electron chi connectivity index (χ2n) is 4.77. The molecule has 5 nitrogen and oxygen atoms in total. The number of nitrogens with zero attached hydrogens (tertiary/aromatic N) is 3. The van der Waals surface area contributed by atoms with E-state index in [0.29, 0.717) is 5.88 Å². The van der Waals surface area contributed by atoms with Crippen molar-refractivity contribution in [2.24, 2.45) is 0 Å². The molecular weight excluding hydrogens is 216 g/mol. The topological polar surface area (TPSA) is 50.3 Å². The van der Waals surface area contributed by atoms with Gasteiger partial charge >= 0.3 is 0 Å². The van der Waals surface area contributed by atoms with Crippen molar-refractivity contribution in [1.29, 1.82) is 0 Å². The SMILES string of the molecule is COc1cc(NCC2(N(C)C)CCC2)ncn1. The average Bonchev–Trinajstić information content (AvgIpc) is 2.27. The van der Waals surface area contributed by atoms with Crippen LogP contribution in [0.4, 0.5) is 5.82 Å². The Labute approximate surface area is 102 Å². The second kappa shape index (κ2) is 4.87. The van der Waals surface area contributed by atoms with E-state index >= 15 is 0 Å². The second-order valence-corrected chi connectivity index (χ2v) is 4.77. The molecule has 0 atom stereocenters. The first-order valence-electron chi connectivity index (χ1n) is 5.94. The molecule has 94 valence electrons. The van der Waals surface area contributed by atoms with Crippen LogP contribution >= 0.6 is 0 Å². The Morgan fingerprint density at radius 2 is 2.18 bits per heavy atom. The number of hydrogen-bond acceptors (Lipinski definition) is 5. The molecule has 2 rings (SSSR count). The molecule has 1 aliphatic rings. The number of anilines is 1. The number of ether oxygens (including phenoxy) is 1. The van der Waals surface area contributed by atoms with E-state index in [0.717, 1.165) is 12.4 Å². The van der Waals surface area contributed by atoms with E-state index in [2.05, 4.69) is 34.3 Å². The van der Waals surface area contributed by atoms with Crippen LogP contribution in [-0.4, -0.2) is 48.2 Å². The maximum atomic E-state index is 5.07. The molecule has 0 radical (unpaired) electrons. The molecule has 17 heavy (non-hydrogen) atoms.